The standard InChI is InChI=1S/C12H16BrN5S/c1-3-9(14)6-8-4-5-10(7-11(8)13)19-12-15-16-17-18(12)2/h4-5,7,9H,3,6,14H2,1-2H3. The summed E-state index contributed by atoms with van der Waals surface area (Å²) < 4.78 is 2.73. The molecule has 1 aromatic carbocycles. The molecule has 0 fully saturated rings. The second kappa shape index (κ2) is 6.49. The molecule has 0 bridgehead atoms. The zero-order chi connectivity index (χ0) is 13.8. The van der Waals surface area contributed by atoms with Gasteiger partial charge in [-0.2, -0.15) is 0 Å². The lowest BCUT2D eigenvalue weighted by molar-refractivity contribution is 0.645. The lowest BCUT2D eigenvalue weighted by Crippen LogP contribution is -2.21. The second-order valence-electron chi connectivity index (χ2n) is 4.31. The van der Waals surface area contributed by atoms with Gasteiger partial charge in [-0.25, -0.2) is 4.68 Å². The number of nitrogens with zero attached hydrogens (tertiary/aromatic N) is 4. The van der Waals surface area contributed by atoms with Gasteiger partial charge in [0.1, 0.15) is 0 Å². The van der Waals surface area contributed by atoms with Crippen LogP contribution in [0, 0.1) is 0 Å². The monoisotopic (exact) mass is 341 g/mol. The van der Waals surface area contributed by atoms with Crippen molar-refractivity contribution < 1.29 is 0 Å². The van der Waals surface area contributed by atoms with Crippen molar-refractivity contribution in [1.82, 2.24) is 20.2 Å². The van der Waals surface area contributed by atoms with E-state index in [-0.39, 0.29) is 6.04 Å². The third kappa shape index (κ3) is 3.77. The SMILES string of the molecule is CCC(N)Cc1ccc(Sc2nnnn2C)cc1Br. The molecule has 2 N–H and O–H groups in total. The van der Waals surface area contributed by atoms with Gasteiger partial charge in [-0.15, -0.1) is 5.10 Å². The Balaban J connectivity index is 2.12. The van der Waals surface area contributed by atoms with Gasteiger partial charge in [-0.3, -0.25) is 0 Å². The minimum absolute atomic E-state index is 0.206. The highest BCUT2D eigenvalue weighted by Crippen LogP contribution is 2.29. The second-order valence-corrected chi connectivity index (χ2v) is 6.21. The summed E-state index contributed by atoms with van der Waals surface area (Å²) in [7, 11) is 1.83. The Hall–Kier alpha value is -0.920. The van der Waals surface area contributed by atoms with Gasteiger partial charge >= 0.3 is 0 Å². The van der Waals surface area contributed by atoms with Crippen LogP contribution in [0.15, 0.2) is 32.7 Å². The first kappa shape index (κ1) is 14.5. The summed E-state index contributed by atoms with van der Waals surface area (Å²) >= 11 is 5.13. The molecule has 2 aromatic rings. The highest BCUT2D eigenvalue weighted by atomic mass is 79.9. The van der Waals surface area contributed by atoms with Crippen LogP contribution in [0.1, 0.15) is 18.9 Å². The maximum atomic E-state index is 5.99. The van der Waals surface area contributed by atoms with Gasteiger partial charge in [0.15, 0.2) is 0 Å². The molecule has 0 aliphatic rings. The number of hydrogen-bond donors (Lipinski definition) is 1. The van der Waals surface area contributed by atoms with Gasteiger partial charge in [-0.1, -0.05) is 28.9 Å². The van der Waals surface area contributed by atoms with Gasteiger partial charge in [0.05, 0.1) is 0 Å². The highest BCUT2D eigenvalue weighted by molar-refractivity contribution is 9.10. The zero-order valence-corrected chi connectivity index (χ0v) is 13.3. The Morgan fingerprint density at radius 3 is 2.84 bits per heavy atom. The van der Waals surface area contributed by atoms with Crippen molar-refractivity contribution in [2.45, 2.75) is 35.9 Å². The summed E-state index contributed by atoms with van der Waals surface area (Å²) in [5.74, 6) is 0. The number of tetrazole rings is 1. The summed E-state index contributed by atoms with van der Waals surface area (Å²) in [6, 6.07) is 6.46. The molecule has 0 amide bonds. The van der Waals surface area contributed by atoms with Crippen LogP contribution in [0.2, 0.25) is 0 Å². The summed E-state index contributed by atoms with van der Waals surface area (Å²) in [5.41, 5.74) is 7.22. The largest absolute Gasteiger partial charge is 0.327 e. The molecule has 1 atom stereocenters. The number of halogens is 1. The van der Waals surface area contributed by atoms with E-state index in [4.69, 9.17) is 5.73 Å². The Labute approximate surface area is 125 Å². The van der Waals surface area contributed by atoms with Crippen molar-refractivity contribution in [3.8, 4) is 0 Å². The maximum Gasteiger partial charge on any atom is 0.213 e. The van der Waals surface area contributed by atoms with E-state index in [1.807, 2.05) is 7.05 Å². The van der Waals surface area contributed by atoms with Crippen molar-refractivity contribution in [2.24, 2.45) is 12.8 Å². The molecule has 0 radical (unpaired) electrons. The third-order valence-electron chi connectivity index (χ3n) is 2.82. The molecule has 1 unspecified atom stereocenters. The van der Waals surface area contributed by atoms with Gasteiger partial charge in [0.2, 0.25) is 5.16 Å². The molecule has 0 spiro atoms. The van der Waals surface area contributed by atoms with Crippen LogP contribution >= 0.6 is 27.7 Å². The lowest BCUT2D eigenvalue weighted by Gasteiger charge is -2.11. The molecular formula is C12H16BrN5S. The predicted octanol–water partition coefficient (Wildman–Crippen LogP) is 2.40. The molecule has 7 heteroatoms. The molecule has 2 rings (SSSR count). The molecule has 102 valence electrons. The van der Waals surface area contributed by atoms with Gasteiger partial charge in [-0.05, 0) is 52.7 Å². The van der Waals surface area contributed by atoms with Crippen LogP contribution in [-0.2, 0) is 13.5 Å². The minimum atomic E-state index is 0.206. The molecular weight excluding hydrogens is 326 g/mol. The molecule has 0 saturated heterocycles. The summed E-state index contributed by atoms with van der Waals surface area (Å²) in [4.78, 5) is 1.10. The topological polar surface area (TPSA) is 69.6 Å². The van der Waals surface area contributed by atoms with Crippen molar-refractivity contribution >= 4 is 27.7 Å². The van der Waals surface area contributed by atoms with Gasteiger partial charge in [0.25, 0.3) is 0 Å². The van der Waals surface area contributed by atoms with Gasteiger partial charge < -0.3 is 5.73 Å². The lowest BCUT2D eigenvalue weighted by atomic mass is 10.1. The normalized spacial score (nSPS) is 12.6. The molecule has 5 nitrogen and oxygen atoms in total. The molecule has 0 aliphatic carbocycles. The van der Waals surface area contributed by atoms with Crippen LogP contribution in [0.5, 0.6) is 0 Å². The Kier molecular flexibility index (Phi) is 4.95. The average Bonchev–Trinajstić information content (AvgIpc) is 2.78. The number of rotatable bonds is 5. The van der Waals surface area contributed by atoms with E-state index < -0.39 is 0 Å². The quantitative estimate of drug-likeness (QED) is 0.904. The number of hydrogen-bond acceptors (Lipinski definition) is 5. The predicted molar refractivity (Wildman–Crippen MR) is 79.0 cm³/mol. The smallest absolute Gasteiger partial charge is 0.213 e. The van der Waals surface area contributed by atoms with E-state index in [9.17, 15) is 0 Å². The minimum Gasteiger partial charge on any atom is -0.327 e. The maximum absolute atomic E-state index is 5.99. The molecule has 0 aliphatic heterocycles. The van der Waals surface area contributed by atoms with Crippen LogP contribution in [0.4, 0.5) is 0 Å². The molecule has 1 heterocycles. The first-order valence-electron chi connectivity index (χ1n) is 6.04. The van der Waals surface area contributed by atoms with Crippen molar-refractivity contribution in [3.63, 3.8) is 0 Å². The number of aromatic nitrogens is 4. The number of aryl methyl sites for hydroxylation is 1. The Bertz CT molecular complexity index is 557. The Morgan fingerprint density at radius 1 is 1.47 bits per heavy atom. The highest BCUT2D eigenvalue weighted by Gasteiger charge is 2.09. The molecule has 19 heavy (non-hydrogen) atoms. The summed E-state index contributed by atoms with van der Waals surface area (Å²) in [6.45, 7) is 2.10. The van der Waals surface area contributed by atoms with E-state index in [2.05, 4.69) is 56.6 Å². The summed E-state index contributed by atoms with van der Waals surface area (Å²) in [6.07, 6.45) is 1.86. The average molecular weight is 342 g/mol. The number of benzene rings is 1. The first-order valence-corrected chi connectivity index (χ1v) is 7.65. The fourth-order valence-corrected chi connectivity index (χ4v) is 3.06. The van der Waals surface area contributed by atoms with Crippen LogP contribution < -0.4 is 5.73 Å². The Morgan fingerprint density at radius 2 is 2.26 bits per heavy atom. The van der Waals surface area contributed by atoms with Crippen LogP contribution in [0.25, 0.3) is 0 Å². The van der Waals surface area contributed by atoms with Crippen molar-refractivity contribution in [2.75, 3.05) is 0 Å². The van der Waals surface area contributed by atoms with E-state index in [0.29, 0.717) is 0 Å². The zero-order valence-electron chi connectivity index (χ0n) is 10.9. The molecule has 0 saturated carbocycles. The third-order valence-corrected chi connectivity index (χ3v) is 4.58. The van der Waals surface area contributed by atoms with Crippen molar-refractivity contribution in [1.29, 1.82) is 0 Å². The van der Waals surface area contributed by atoms with Gasteiger partial charge in [0, 0.05) is 22.5 Å². The van der Waals surface area contributed by atoms with Crippen LogP contribution in [-0.4, -0.2) is 26.2 Å². The first-order chi connectivity index (χ1) is 9.10. The van der Waals surface area contributed by atoms with Crippen LogP contribution in [0.3, 0.4) is 0 Å². The fraction of sp³-hybridized carbons (Fsp3) is 0.417. The van der Waals surface area contributed by atoms with Crippen molar-refractivity contribution in [3.05, 3.63) is 28.2 Å². The van der Waals surface area contributed by atoms with E-state index in [1.54, 1.807) is 4.68 Å². The summed E-state index contributed by atoms with van der Waals surface area (Å²) in [5, 5.41) is 12.2. The molecule has 1 aromatic heterocycles. The van der Waals surface area contributed by atoms with E-state index in [1.165, 1.54) is 17.3 Å². The van der Waals surface area contributed by atoms with E-state index >= 15 is 0 Å². The van der Waals surface area contributed by atoms with E-state index in [0.717, 1.165) is 27.4 Å². The fourth-order valence-electron chi connectivity index (χ4n) is 1.60. The number of nitrogens with two attached hydrogens (primary N) is 1.